The minimum atomic E-state index is 0.176. The standard InChI is InChI=1S/C60H46N2/c1-5-16-43(17-6-1)45-30-32-46(33-31-45)48-36-40-53(41-37-48)61(52-38-34-47(35-39-52)44-18-7-2-8-19-44)54-25-13-22-50(42-54)55-26-15-29-58-59(55)57-28-14-27-56(49-20-9-3-10-21-49)60(57)62(58)51-23-11-4-12-24-51/h1-25,27-34,36-42,47,55H,26,35H2. The Morgan fingerprint density at radius 1 is 0.452 bits per heavy atom. The quantitative estimate of drug-likeness (QED) is 0.141. The molecular formula is C60H46N2. The van der Waals surface area contributed by atoms with Gasteiger partial charge in [-0.15, -0.1) is 0 Å². The second-order valence-electron chi connectivity index (χ2n) is 16.4. The van der Waals surface area contributed by atoms with Crippen molar-refractivity contribution >= 4 is 28.4 Å². The Morgan fingerprint density at radius 3 is 1.69 bits per heavy atom. The fourth-order valence-electron chi connectivity index (χ4n) is 9.68. The van der Waals surface area contributed by atoms with E-state index in [-0.39, 0.29) is 5.92 Å². The fourth-order valence-corrected chi connectivity index (χ4v) is 9.68. The molecule has 0 amide bonds. The number of nitrogens with zero attached hydrogens (tertiary/aromatic N) is 2. The summed E-state index contributed by atoms with van der Waals surface area (Å²) in [5, 5.41) is 1.30. The molecule has 0 aliphatic heterocycles. The van der Waals surface area contributed by atoms with Gasteiger partial charge in [0.1, 0.15) is 0 Å². The molecule has 2 aliphatic rings. The van der Waals surface area contributed by atoms with Gasteiger partial charge in [-0.2, -0.15) is 0 Å². The molecule has 0 saturated carbocycles. The number of fused-ring (bicyclic) bond motifs is 3. The predicted octanol–water partition coefficient (Wildman–Crippen LogP) is 15.9. The van der Waals surface area contributed by atoms with E-state index >= 15 is 0 Å². The van der Waals surface area contributed by atoms with E-state index < -0.39 is 0 Å². The molecule has 0 saturated heterocycles. The molecule has 2 atom stereocenters. The van der Waals surface area contributed by atoms with Crippen molar-refractivity contribution in [3.63, 3.8) is 0 Å². The first-order chi connectivity index (χ1) is 30.8. The van der Waals surface area contributed by atoms with Gasteiger partial charge in [-0.1, -0.05) is 194 Å². The molecule has 0 spiro atoms. The van der Waals surface area contributed by atoms with Gasteiger partial charge in [0.25, 0.3) is 0 Å². The lowest BCUT2D eigenvalue weighted by Crippen LogP contribution is -2.18. The van der Waals surface area contributed by atoms with Crippen molar-refractivity contribution in [3.8, 4) is 39.1 Å². The Kier molecular flexibility index (Phi) is 9.88. The second-order valence-corrected chi connectivity index (χ2v) is 16.4. The van der Waals surface area contributed by atoms with Crippen LogP contribution in [-0.2, 0) is 0 Å². The topological polar surface area (TPSA) is 8.17 Å². The number of benzene rings is 8. The van der Waals surface area contributed by atoms with Crippen LogP contribution in [-0.4, -0.2) is 4.57 Å². The normalized spacial score (nSPS) is 15.6. The van der Waals surface area contributed by atoms with Gasteiger partial charge in [-0.3, -0.25) is 0 Å². The van der Waals surface area contributed by atoms with E-state index in [1.54, 1.807) is 0 Å². The van der Waals surface area contributed by atoms with Crippen molar-refractivity contribution in [3.05, 3.63) is 265 Å². The summed E-state index contributed by atoms with van der Waals surface area (Å²) in [4.78, 5) is 2.45. The van der Waals surface area contributed by atoms with Gasteiger partial charge in [-0.25, -0.2) is 0 Å². The molecule has 0 N–H and O–H groups in total. The van der Waals surface area contributed by atoms with Crippen LogP contribution in [0.15, 0.2) is 242 Å². The SMILES string of the molecule is C1=Cc2c(c3cccc(-c4ccccc4)c3n2-c2ccccc2)C(c2cccc(N(C3=CCC(c4ccccc4)C=C3)c3ccc(-c4ccc(-c5ccccc5)cc4)cc3)c2)C1. The number of para-hydroxylation sites is 2. The summed E-state index contributed by atoms with van der Waals surface area (Å²) >= 11 is 0. The Morgan fingerprint density at radius 2 is 1.03 bits per heavy atom. The summed E-state index contributed by atoms with van der Waals surface area (Å²) in [7, 11) is 0. The van der Waals surface area contributed by atoms with Crippen LogP contribution in [0, 0.1) is 0 Å². The van der Waals surface area contributed by atoms with E-state index in [2.05, 4.69) is 252 Å². The molecule has 8 aromatic carbocycles. The van der Waals surface area contributed by atoms with E-state index in [9.17, 15) is 0 Å². The lowest BCUT2D eigenvalue weighted by atomic mass is 9.83. The molecule has 0 radical (unpaired) electrons. The highest BCUT2D eigenvalue weighted by Gasteiger charge is 2.29. The van der Waals surface area contributed by atoms with Gasteiger partial charge in [0.05, 0.1) is 11.2 Å². The molecule has 11 rings (SSSR count). The zero-order valence-electron chi connectivity index (χ0n) is 34.6. The number of anilines is 2. The van der Waals surface area contributed by atoms with Crippen molar-refractivity contribution in [1.82, 2.24) is 4.57 Å². The number of hydrogen-bond donors (Lipinski definition) is 0. The van der Waals surface area contributed by atoms with E-state index in [0.717, 1.165) is 24.2 Å². The Bertz CT molecular complexity index is 3080. The lowest BCUT2D eigenvalue weighted by molar-refractivity contribution is 0.818. The Labute approximate surface area is 364 Å². The highest BCUT2D eigenvalue weighted by atomic mass is 15.1. The summed E-state index contributed by atoms with van der Waals surface area (Å²) < 4.78 is 2.49. The van der Waals surface area contributed by atoms with Crippen molar-refractivity contribution in [2.75, 3.05) is 4.90 Å². The van der Waals surface area contributed by atoms with Crippen molar-refractivity contribution in [2.24, 2.45) is 0 Å². The maximum atomic E-state index is 2.49. The third-order valence-corrected chi connectivity index (χ3v) is 12.7. The Hall–Kier alpha value is -7.68. The maximum absolute atomic E-state index is 2.49. The number of hydrogen-bond acceptors (Lipinski definition) is 1. The van der Waals surface area contributed by atoms with Crippen LogP contribution >= 0.6 is 0 Å². The lowest BCUT2D eigenvalue weighted by Gasteiger charge is -2.30. The molecule has 2 heteroatoms. The van der Waals surface area contributed by atoms with Crippen LogP contribution in [0.5, 0.6) is 0 Å². The molecule has 1 heterocycles. The van der Waals surface area contributed by atoms with Gasteiger partial charge < -0.3 is 9.47 Å². The van der Waals surface area contributed by atoms with Crippen molar-refractivity contribution in [1.29, 1.82) is 0 Å². The van der Waals surface area contributed by atoms with E-state index in [4.69, 9.17) is 0 Å². The highest BCUT2D eigenvalue weighted by molar-refractivity contribution is 6.01. The third kappa shape index (κ3) is 7.00. The molecule has 2 aliphatic carbocycles. The van der Waals surface area contributed by atoms with Crippen LogP contribution in [0.25, 0.3) is 56.0 Å². The van der Waals surface area contributed by atoms with Crippen molar-refractivity contribution in [2.45, 2.75) is 24.7 Å². The van der Waals surface area contributed by atoms with Gasteiger partial charge in [0, 0.05) is 45.5 Å². The molecular weight excluding hydrogens is 749 g/mol. The first kappa shape index (κ1) is 37.3. The molecule has 0 fully saturated rings. The van der Waals surface area contributed by atoms with Crippen LogP contribution in [0.3, 0.4) is 0 Å². The molecule has 1 aromatic heterocycles. The molecule has 0 bridgehead atoms. The second kappa shape index (κ2) is 16.4. The van der Waals surface area contributed by atoms with Crippen LogP contribution in [0.2, 0.25) is 0 Å². The summed E-state index contributed by atoms with van der Waals surface area (Å²) in [6, 6.07) is 77.3. The van der Waals surface area contributed by atoms with Gasteiger partial charge in [-0.05, 0) is 106 Å². The average Bonchev–Trinajstić information content (AvgIpc) is 3.71. The van der Waals surface area contributed by atoms with Crippen LogP contribution in [0.1, 0.15) is 47.1 Å². The third-order valence-electron chi connectivity index (χ3n) is 12.7. The molecule has 9 aromatic rings. The fraction of sp³-hybridized carbons (Fsp3) is 0.0667. The molecule has 62 heavy (non-hydrogen) atoms. The minimum absolute atomic E-state index is 0.176. The average molecular weight is 795 g/mol. The first-order valence-corrected chi connectivity index (χ1v) is 21.8. The summed E-state index contributed by atoms with van der Waals surface area (Å²) in [5.41, 5.74) is 18.5. The number of rotatable bonds is 9. The van der Waals surface area contributed by atoms with E-state index in [1.165, 1.54) is 78.1 Å². The monoisotopic (exact) mass is 794 g/mol. The van der Waals surface area contributed by atoms with Gasteiger partial charge >= 0.3 is 0 Å². The van der Waals surface area contributed by atoms with Gasteiger partial charge in [0.15, 0.2) is 0 Å². The summed E-state index contributed by atoms with van der Waals surface area (Å²) in [6.45, 7) is 0. The summed E-state index contributed by atoms with van der Waals surface area (Å²) in [6.07, 6.45) is 13.7. The van der Waals surface area contributed by atoms with E-state index in [1.807, 2.05) is 0 Å². The predicted molar refractivity (Wildman–Crippen MR) is 261 cm³/mol. The number of allylic oxidation sites excluding steroid dienone is 4. The van der Waals surface area contributed by atoms with Crippen LogP contribution < -0.4 is 4.90 Å². The zero-order valence-corrected chi connectivity index (χ0v) is 34.6. The smallest absolute Gasteiger partial charge is 0.0616 e. The van der Waals surface area contributed by atoms with Crippen LogP contribution in [0.4, 0.5) is 11.4 Å². The van der Waals surface area contributed by atoms with Crippen molar-refractivity contribution < 1.29 is 0 Å². The summed E-state index contributed by atoms with van der Waals surface area (Å²) in [5.74, 6) is 0.527. The van der Waals surface area contributed by atoms with E-state index in [0.29, 0.717) is 5.92 Å². The minimum Gasteiger partial charge on any atom is -0.311 e. The molecule has 296 valence electrons. The maximum Gasteiger partial charge on any atom is 0.0616 e. The number of aromatic nitrogens is 1. The zero-order chi connectivity index (χ0) is 41.2. The largest absolute Gasteiger partial charge is 0.311 e. The van der Waals surface area contributed by atoms with Gasteiger partial charge in [0.2, 0.25) is 0 Å². The molecule has 2 unspecified atom stereocenters. The first-order valence-electron chi connectivity index (χ1n) is 21.8. The Balaban J connectivity index is 1.000. The highest BCUT2D eigenvalue weighted by Crippen LogP contribution is 2.47. The molecule has 2 nitrogen and oxygen atoms in total.